The molecule has 0 aliphatic carbocycles. The fraction of sp³-hybridized carbons (Fsp3) is 0.222. The van der Waals surface area contributed by atoms with E-state index in [9.17, 15) is 18.3 Å². The molecule has 1 aromatic heterocycles. The van der Waals surface area contributed by atoms with Crippen LogP contribution in [0.4, 0.5) is 13.2 Å². The summed E-state index contributed by atoms with van der Waals surface area (Å²) in [7, 11) is 0. The number of hydrogen-bond donors (Lipinski definition) is 1. The molecule has 0 spiro atoms. The summed E-state index contributed by atoms with van der Waals surface area (Å²) in [5.74, 6) is 1.30. The number of alkyl halides is 3. The minimum atomic E-state index is -4.93. The Morgan fingerprint density at radius 1 is 1.36 bits per heavy atom. The van der Waals surface area contributed by atoms with Crippen LogP contribution in [-0.2, 0) is 5.60 Å². The molecule has 5 heteroatoms. The second-order valence-electron chi connectivity index (χ2n) is 2.57. The molecular weight excluding hydrogens is 195 g/mol. The predicted octanol–water partition coefficient (Wildman–Crippen LogP) is 1.46. The summed E-state index contributed by atoms with van der Waals surface area (Å²) >= 11 is 0. The Morgan fingerprint density at radius 2 is 2.00 bits per heavy atom. The summed E-state index contributed by atoms with van der Waals surface area (Å²) in [6.45, 7) is 0. The molecule has 1 heterocycles. The summed E-state index contributed by atoms with van der Waals surface area (Å²) in [5, 5.41) is 9.20. The molecule has 1 atom stereocenters. The molecule has 0 aliphatic rings. The van der Waals surface area contributed by atoms with Crippen LogP contribution in [0, 0.1) is 12.3 Å². The minimum Gasteiger partial charge on any atom is -0.365 e. The van der Waals surface area contributed by atoms with Gasteiger partial charge in [-0.1, -0.05) is 12.0 Å². The van der Waals surface area contributed by atoms with Gasteiger partial charge in [-0.05, 0) is 12.1 Å². The highest BCUT2D eigenvalue weighted by molar-refractivity contribution is 5.26. The largest absolute Gasteiger partial charge is 0.434 e. The van der Waals surface area contributed by atoms with E-state index < -0.39 is 17.5 Å². The first kappa shape index (κ1) is 10.5. The normalized spacial score (nSPS) is 15.6. The number of nitrogens with zero attached hydrogens (tertiary/aromatic N) is 1. The molecule has 0 saturated heterocycles. The van der Waals surface area contributed by atoms with Crippen molar-refractivity contribution < 1.29 is 18.3 Å². The molecule has 0 fully saturated rings. The number of halogens is 3. The van der Waals surface area contributed by atoms with E-state index >= 15 is 0 Å². The van der Waals surface area contributed by atoms with Crippen LogP contribution in [0.5, 0.6) is 0 Å². The Labute approximate surface area is 78.4 Å². The van der Waals surface area contributed by atoms with E-state index in [1.54, 1.807) is 0 Å². The first-order valence-electron chi connectivity index (χ1n) is 3.60. The topological polar surface area (TPSA) is 33.1 Å². The molecule has 0 saturated carbocycles. The van der Waals surface area contributed by atoms with Crippen LogP contribution in [0.15, 0.2) is 24.4 Å². The van der Waals surface area contributed by atoms with Crippen LogP contribution in [0.25, 0.3) is 0 Å². The Bertz CT molecular complexity index is 355. The van der Waals surface area contributed by atoms with Gasteiger partial charge in [0.1, 0.15) is 0 Å². The third-order valence-corrected chi connectivity index (χ3v) is 1.65. The van der Waals surface area contributed by atoms with Crippen molar-refractivity contribution in [2.45, 2.75) is 11.8 Å². The number of rotatable bonds is 1. The summed E-state index contributed by atoms with van der Waals surface area (Å²) < 4.78 is 37.1. The predicted molar refractivity (Wildman–Crippen MR) is 43.0 cm³/mol. The molecule has 0 amide bonds. The third kappa shape index (κ3) is 1.56. The van der Waals surface area contributed by atoms with Crippen LogP contribution in [-0.4, -0.2) is 16.3 Å². The second kappa shape index (κ2) is 3.31. The van der Waals surface area contributed by atoms with Crippen molar-refractivity contribution in [2.75, 3.05) is 0 Å². The smallest absolute Gasteiger partial charge is 0.365 e. The molecule has 1 unspecified atom stereocenters. The molecule has 0 bridgehead atoms. The van der Waals surface area contributed by atoms with Crippen molar-refractivity contribution in [3.8, 4) is 12.3 Å². The van der Waals surface area contributed by atoms with Crippen LogP contribution in [0.2, 0.25) is 0 Å². The quantitative estimate of drug-likeness (QED) is 0.698. The van der Waals surface area contributed by atoms with E-state index in [4.69, 9.17) is 0 Å². The van der Waals surface area contributed by atoms with Crippen molar-refractivity contribution in [2.24, 2.45) is 0 Å². The maximum Gasteiger partial charge on any atom is 0.434 e. The highest BCUT2D eigenvalue weighted by Gasteiger charge is 2.55. The maximum atomic E-state index is 12.4. The number of pyridine rings is 1. The van der Waals surface area contributed by atoms with Gasteiger partial charge in [0.25, 0.3) is 5.60 Å². The molecule has 2 nitrogen and oxygen atoms in total. The van der Waals surface area contributed by atoms with Gasteiger partial charge >= 0.3 is 6.18 Å². The number of hydrogen-bond acceptors (Lipinski definition) is 2. The van der Waals surface area contributed by atoms with E-state index in [0.29, 0.717) is 0 Å². The van der Waals surface area contributed by atoms with Gasteiger partial charge in [0, 0.05) is 6.20 Å². The summed E-state index contributed by atoms with van der Waals surface area (Å²) in [4.78, 5) is 3.38. The van der Waals surface area contributed by atoms with Crippen molar-refractivity contribution >= 4 is 0 Å². The van der Waals surface area contributed by atoms with E-state index in [-0.39, 0.29) is 0 Å². The van der Waals surface area contributed by atoms with Gasteiger partial charge in [0.15, 0.2) is 0 Å². The van der Waals surface area contributed by atoms with Gasteiger partial charge in [-0.3, -0.25) is 4.98 Å². The third-order valence-electron chi connectivity index (χ3n) is 1.65. The lowest BCUT2D eigenvalue weighted by molar-refractivity contribution is -0.242. The highest BCUT2D eigenvalue weighted by Crippen LogP contribution is 2.37. The number of terminal acetylenes is 1. The Hall–Kier alpha value is -1.54. The number of aliphatic hydroxyl groups is 1. The van der Waals surface area contributed by atoms with Crippen LogP contribution < -0.4 is 0 Å². The van der Waals surface area contributed by atoms with E-state index in [1.165, 1.54) is 18.1 Å². The van der Waals surface area contributed by atoms with Gasteiger partial charge in [0.2, 0.25) is 0 Å². The fourth-order valence-electron chi connectivity index (χ4n) is 0.878. The maximum absolute atomic E-state index is 12.4. The lowest BCUT2D eigenvalue weighted by atomic mass is 10.00. The van der Waals surface area contributed by atoms with Crippen molar-refractivity contribution in [3.05, 3.63) is 30.1 Å². The molecule has 74 valence electrons. The molecule has 14 heavy (non-hydrogen) atoms. The summed E-state index contributed by atoms with van der Waals surface area (Å²) in [6.07, 6.45) is 0.859. The van der Waals surface area contributed by atoms with Crippen LogP contribution >= 0.6 is 0 Å². The molecule has 0 aromatic carbocycles. The molecular formula is C9H6F3NO. The first-order chi connectivity index (χ1) is 6.42. The average Bonchev–Trinajstić information content (AvgIpc) is 2.16. The average molecular weight is 201 g/mol. The van der Waals surface area contributed by atoms with Gasteiger partial charge in [0.05, 0.1) is 5.69 Å². The standard InChI is InChI=1S/C9H6F3NO/c1-2-8(14,9(10,11)12)7-5-3-4-6-13-7/h1,3-6,14H. The monoisotopic (exact) mass is 201 g/mol. The minimum absolute atomic E-state index is 0.602. The zero-order valence-corrected chi connectivity index (χ0v) is 6.92. The Balaban J connectivity index is 3.25. The van der Waals surface area contributed by atoms with Gasteiger partial charge in [-0.2, -0.15) is 13.2 Å². The van der Waals surface area contributed by atoms with Crippen LogP contribution in [0.3, 0.4) is 0 Å². The summed E-state index contributed by atoms with van der Waals surface area (Å²) in [5.41, 5.74) is -3.91. The van der Waals surface area contributed by atoms with E-state index in [1.807, 2.05) is 0 Å². The lowest BCUT2D eigenvalue weighted by Crippen LogP contribution is -2.41. The molecule has 0 aliphatic heterocycles. The SMILES string of the molecule is C#CC(O)(c1ccccn1)C(F)(F)F. The molecule has 1 aromatic rings. The van der Waals surface area contributed by atoms with Gasteiger partial charge in [-0.25, -0.2) is 0 Å². The lowest BCUT2D eigenvalue weighted by Gasteiger charge is -2.23. The van der Waals surface area contributed by atoms with Gasteiger partial charge in [-0.15, -0.1) is 6.42 Å². The van der Waals surface area contributed by atoms with E-state index in [0.717, 1.165) is 12.3 Å². The fourth-order valence-corrected chi connectivity index (χ4v) is 0.878. The summed E-state index contributed by atoms with van der Waals surface area (Å²) in [6, 6.07) is 3.76. The molecule has 1 rings (SSSR count). The van der Waals surface area contributed by atoms with E-state index in [2.05, 4.69) is 11.4 Å². The number of aromatic nitrogens is 1. The highest BCUT2D eigenvalue weighted by atomic mass is 19.4. The first-order valence-corrected chi connectivity index (χ1v) is 3.60. The zero-order chi connectivity index (χ0) is 10.8. The van der Waals surface area contributed by atoms with Crippen LogP contribution in [0.1, 0.15) is 5.69 Å². The second-order valence-corrected chi connectivity index (χ2v) is 2.57. The van der Waals surface area contributed by atoms with Gasteiger partial charge < -0.3 is 5.11 Å². The Morgan fingerprint density at radius 3 is 2.36 bits per heavy atom. The molecule has 0 radical (unpaired) electrons. The molecule has 1 N–H and O–H groups in total. The van der Waals surface area contributed by atoms with Crippen molar-refractivity contribution in [3.63, 3.8) is 0 Å². The zero-order valence-electron chi connectivity index (χ0n) is 6.92. The van der Waals surface area contributed by atoms with Crippen molar-refractivity contribution in [1.29, 1.82) is 0 Å². The Kier molecular flexibility index (Phi) is 2.49. The van der Waals surface area contributed by atoms with Crippen molar-refractivity contribution in [1.82, 2.24) is 4.98 Å².